The molecule has 82 valence electrons. The van der Waals surface area contributed by atoms with Gasteiger partial charge >= 0.3 is 0 Å². The van der Waals surface area contributed by atoms with E-state index in [0.717, 1.165) is 0 Å². The van der Waals surface area contributed by atoms with Crippen LogP contribution < -0.4 is 11.1 Å². The Morgan fingerprint density at radius 3 is 2.73 bits per heavy atom. The van der Waals surface area contributed by atoms with Crippen LogP contribution in [0.5, 0.6) is 0 Å². The van der Waals surface area contributed by atoms with E-state index in [1.807, 2.05) is 5.38 Å². The molecule has 1 amide bonds. The fraction of sp³-hybridized carbons (Fsp3) is 0.545. The Bertz CT molecular complexity index is 380. The van der Waals surface area contributed by atoms with E-state index in [0.29, 0.717) is 16.5 Å². The molecule has 0 radical (unpaired) electrons. The standard InChI is InChI=1S/C11H16N2OS/c1-11(2,7-3-4-7)13-10(14)9-8(12)5-6-15-9/h5-7H,3-4,12H2,1-2H3,(H,13,14). The average molecular weight is 224 g/mol. The maximum Gasteiger partial charge on any atom is 0.263 e. The molecule has 1 aromatic heterocycles. The lowest BCUT2D eigenvalue weighted by molar-refractivity contribution is 0.0908. The van der Waals surface area contributed by atoms with Crippen molar-refractivity contribution >= 4 is 22.9 Å². The van der Waals surface area contributed by atoms with Crippen molar-refractivity contribution in [3.05, 3.63) is 16.3 Å². The Morgan fingerprint density at radius 2 is 2.27 bits per heavy atom. The Kier molecular flexibility index (Phi) is 2.46. The van der Waals surface area contributed by atoms with E-state index in [2.05, 4.69) is 19.2 Å². The first-order valence-electron chi connectivity index (χ1n) is 5.16. The molecule has 0 spiro atoms. The van der Waals surface area contributed by atoms with Crippen molar-refractivity contribution in [2.45, 2.75) is 32.2 Å². The number of thiophene rings is 1. The van der Waals surface area contributed by atoms with Gasteiger partial charge in [-0.3, -0.25) is 4.79 Å². The van der Waals surface area contributed by atoms with Gasteiger partial charge in [0.1, 0.15) is 4.88 Å². The summed E-state index contributed by atoms with van der Waals surface area (Å²) in [6.07, 6.45) is 2.43. The van der Waals surface area contributed by atoms with E-state index in [4.69, 9.17) is 5.73 Å². The fourth-order valence-corrected chi connectivity index (χ4v) is 2.47. The van der Waals surface area contributed by atoms with Crippen LogP contribution in [0.15, 0.2) is 11.4 Å². The summed E-state index contributed by atoms with van der Waals surface area (Å²) in [6.45, 7) is 4.15. The number of nitrogens with one attached hydrogen (secondary N) is 1. The van der Waals surface area contributed by atoms with E-state index in [-0.39, 0.29) is 11.4 Å². The van der Waals surface area contributed by atoms with Crippen molar-refractivity contribution in [1.29, 1.82) is 0 Å². The molecule has 1 aliphatic carbocycles. The van der Waals surface area contributed by atoms with Crippen LogP contribution >= 0.6 is 11.3 Å². The predicted octanol–water partition coefficient (Wildman–Crippen LogP) is 2.25. The smallest absolute Gasteiger partial charge is 0.263 e. The van der Waals surface area contributed by atoms with Crippen LogP contribution in [0.1, 0.15) is 36.4 Å². The molecule has 0 bridgehead atoms. The summed E-state index contributed by atoms with van der Waals surface area (Å²) in [5.74, 6) is 0.585. The molecule has 2 rings (SSSR count). The zero-order valence-electron chi connectivity index (χ0n) is 9.04. The topological polar surface area (TPSA) is 55.1 Å². The fourth-order valence-electron chi connectivity index (χ4n) is 1.76. The number of amides is 1. The first kappa shape index (κ1) is 10.5. The lowest BCUT2D eigenvalue weighted by Gasteiger charge is -2.25. The Hall–Kier alpha value is -1.03. The highest BCUT2D eigenvalue weighted by molar-refractivity contribution is 7.12. The zero-order chi connectivity index (χ0) is 11.1. The summed E-state index contributed by atoms with van der Waals surface area (Å²) in [5.41, 5.74) is 6.17. The Balaban J connectivity index is 2.06. The van der Waals surface area contributed by atoms with Gasteiger partial charge in [-0.05, 0) is 44.1 Å². The van der Waals surface area contributed by atoms with Crippen LogP contribution in [0, 0.1) is 5.92 Å². The van der Waals surface area contributed by atoms with Gasteiger partial charge in [0.25, 0.3) is 5.91 Å². The number of hydrogen-bond donors (Lipinski definition) is 2. The summed E-state index contributed by atoms with van der Waals surface area (Å²) >= 11 is 1.39. The van der Waals surface area contributed by atoms with Gasteiger partial charge in [0.15, 0.2) is 0 Å². The van der Waals surface area contributed by atoms with Gasteiger partial charge in [0.05, 0.1) is 5.69 Å². The summed E-state index contributed by atoms with van der Waals surface area (Å²) in [5, 5.41) is 4.89. The molecule has 1 aliphatic rings. The summed E-state index contributed by atoms with van der Waals surface area (Å²) in [6, 6.07) is 1.77. The highest BCUT2D eigenvalue weighted by Gasteiger charge is 2.39. The van der Waals surface area contributed by atoms with Crippen LogP contribution in [0.25, 0.3) is 0 Å². The number of hydrogen-bond acceptors (Lipinski definition) is 3. The average Bonchev–Trinajstić information content (AvgIpc) is 2.89. The van der Waals surface area contributed by atoms with Crippen molar-refractivity contribution in [2.75, 3.05) is 5.73 Å². The first-order chi connectivity index (χ1) is 7.00. The van der Waals surface area contributed by atoms with Gasteiger partial charge in [0, 0.05) is 5.54 Å². The molecular formula is C11H16N2OS. The number of rotatable bonds is 3. The molecule has 0 aliphatic heterocycles. The van der Waals surface area contributed by atoms with Crippen LogP contribution in [-0.2, 0) is 0 Å². The summed E-state index contributed by atoms with van der Waals surface area (Å²) in [4.78, 5) is 12.5. The van der Waals surface area contributed by atoms with Crippen LogP contribution in [-0.4, -0.2) is 11.4 Å². The normalized spacial score (nSPS) is 16.4. The quantitative estimate of drug-likeness (QED) is 0.827. The number of carbonyl (C=O) groups excluding carboxylic acids is 1. The largest absolute Gasteiger partial charge is 0.397 e. The second-order valence-electron chi connectivity index (χ2n) is 4.66. The first-order valence-corrected chi connectivity index (χ1v) is 6.04. The highest BCUT2D eigenvalue weighted by Crippen LogP contribution is 2.39. The van der Waals surface area contributed by atoms with E-state index in [9.17, 15) is 4.79 Å². The second-order valence-corrected chi connectivity index (χ2v) is 5.57. The SMILES string of the molecule is CC(C)(NC(=O)c1sccc1N)C1CC1. The molecule has 0 saturated heterocycles. The summed E-state index contributed by atoms with van der Waals surface area (Å²) < 4.78 is 0. The molecule has 1 fully saturated rings. The molecule has 1 heterocycles. The molecule has 3 nitrogen and oxygen atoms in total. The number of anilines is 1. The van der Waals surface area contributed by atoms with Crippen molar-refractivity contribution < 1.29 is 4.79 Å². The van der Waals surface area contributed by atoms with Gasteiger partial charge in [-0.1, -0.05) is 0 Å². The van der Waals surface area contributed by atoms with Crippen molar-refractivity contribution in [3.63, 3.8) is 0 Å². The minimum atomic E-state index is -0.104. The van der Waals surface area contributed by atoms with Gasteiger partial charge in [-0.15, -0.1) is 11.3 Å². The molecular weight excluding hydrogens is 208 g/mol. The predicted molar refractivity (Wildman–Crippen MR) is 63.0 cm³/mol. The van der Waals surface area contributed by atoms with E-state index >= 15 is 0 Å². The third-order valence-corrected chi connectivity index (χ3v) is 3.86. The molecule has 4 heteroatoms. The molecule has 1 aromatic rings. The van der Waals surface area contributed by atoms with Gasteiger partial charge in [0.2, 0.25) is 0 Å². The number of carbonyl (C=O) groups is 1. The van der Waals surface area contributed by atoms with Crippen molar-refractivity contribution in [2.24, 2.45) is 5.92 Å². The molecule has 15 heavy (non-hydrogen) atoms. The highest BCUT2D eigenvalue weighted by atomic mass is 32.1. The minimum absolute atomic E-state index is 0.0422. The molecule has 1 saturated carbocycles. The van der Waals surface area contributed by atoms with Crippen molar-refractivity contribution in [1.82, 2.24) is 5.32 Å². The maximum absolute atomic E-state index is 11.9. The van der Waals surface area contributed by atoms with Crippen LogP contribution in [0.3, 0.4) is 0 Å². The molecule has 0 unspecified atom stereocenters. The number of nitrogens with two attached hydrogens (primary N) is 1. The van der Waals surface area contributed by atoms with Crippen LogP contribution in [0.4, 0.5) is 5.69 Å². The number of nitrogen functional groups attached to an aromatic ring is 1. The molecule has 0 aromatic carbocycles. The lowest BCUT2D eigenvalue weighted by Crippen LogP contribution is -2.45. The maximum atomic E-state index is 11.9. The zero-order valence-corrected chi connectivity index (χ0v) is 9.86. The van der Waals surface area contributed by atoms with E-state index in [1.165, 1.54) is 24.2 Å². The lowest BCUT2D eigenvalue weighted by atomic mass is 9.99. The third kappa shape index (κ3) is 2.15. The van der Waals surface area contributed by atoms with Crippen LogP contribution in [0.2, 0.25) is 0 Å². The van der Waals surface area contributed by atoms with Gasteiger partial charge < -0.3 is 11.1 Å². The summed E-state index contributed by atoms with van der Waals surface area (Å²) in [7, 11) is 0. The van der Waals surface area contributed by atoms with Gasteiger partial charge in [-0.2, -0.15) is 0 Å². The third-order valence-electron chi connectivity index (χ3n) is 2.94. The Morgan fingerprint density at radius 1 is 1.60 bits per heavy atom. The van der Waals surface area contributed by atoms with E-state index < -0.39 is 0 Å². The second kappa shape index (κ2) is 3.52. The minimum Gasteiger partial charge on any atom is -0.397 e. The molecule has 0 atom stereocenters. The van der Waals surface area contributed by atoms with Gasteiger partial charge in [-0.25, -0.2) is 0 Å². The Labute approximate surface area is 93.7 Å². The van der Waals surface area contributed by atoms with Crippen molar-refractivity contribution in [3.8, 4) is 0 Å². The van der Waals surface area contributed by atoms with E-state index in [1.54, 1.807) is 6.07 Å². The molecule has 3 N–H and O–H groups in total. The monoisotopic (exact) mass is 224 g/mol.